The van der Waals surface area contributed by atoms with Gasteiger partial charge in [-0.15, -0.1) is 17.0 Å². The lowest BCUT2D eigenvalue weighted by molar-refractivity contribution is -0.119. The van der Waals surface area contributed by atoms with Crippen LogP contribution < -0.4 is 0 Å². The summed E-state index contributed by atoms with van der Waals surface area (Å²) in [4.78, 5) is 10.5. The van der Waals surface area contributed by atoms with Gasteiger partial charge in [0, 0.05) is 5.92 Å². The summed E-state index contributed by atoms with van der Waals surface area (Å²) < 4.78 is 0. The molecule has 0 unspecified atom stereocenters. The van der Waals surface area contributed by atoms with E-state index in [1.807, 2.05) is 13.8 Å². The van der Waals surface area contributed by atoms with E-state index in [2.05, 4.69) is 15.9 Å². The van der Waals surface area contributed by atoms with Crippen LogP contribution in [0.3, 0.4) is 0 Å². The number of hydrogen-bond acceptors (Lipinski definition) is 1. The molecule has 0 radical (unpaired) electrons. The fourth-order valence-electron chi connectivity index (χ4n) is 0.154. The molecule has 0 spiro atoms. The number of ketones is 1. The van der Waals surface area contributed by atoms with Crippen LogP contribution in [0, 0.1) is 5.92 Å². The second kappa shape index (κ2) is 5.76. The molecule has 0 fully saturated rings. The quantitative estimate of drug-likeness (QED) is 0.682. The zero-order chi connectivity index (χ0) is 5.86. The van der Waals surface area contributed by atoms with Gasteiger partial charge in [-0.3, -0.25) is 4.79 Å². The van der Waals surface area contributed by atoms with Crippen LogP contribution in [0.25, 0.3) is 0 Å². The van der Waals surface area contributed by atoms with Crippen molar-refractivity contribution in [2.75, 3.05) is 5.33 Å². The van der Waals surface area contributed by atoms with E-state index in [1.54, 1.807) is 0 Å². The van der Waals surface area contributed by atoms with E-state index >= 15 is 0 Å². The lowest BCUT2D eigenvalue weighted by Crippen LogP contribution is -2.06. The van der Waals surface area contributed by atoms with E-state index in [0.717, 1.165) is 0 Å². The molecule has 1 nitrogen and oxygen atoms in total. The Balaban J connectivity index is 0. The molecule has 0 bridgehead atoms. The van der Waals surface area contributed by atoms with E-state index < -0.39 is 0 Å². The van der Waals surface area contributed by atoms with E-state index in [4.69, 9.17) is 0 Å². The van der Waals surface area contributed by atoms with Gasteiger partial charge >= 0.3 is 0 Å². The first-order valence-electron chi connectivity index (χ1n) is 2.27. The first-order chi connectivity index (χ1) is 3.18. The fourth-order valence-corrected chi connectivity index (χ4v) is 0.802. The Morgan fingerprint density at radius 1 is 1.62 bits per heavy atom. The second-order valence-corrected chi connectivity index (χ2v) is 2.32. The lowest BCUT2D eigenvalue weighted by atomic mass is 10.1. The maximum atomic E-state index is 10.5. The molecule has 0 heterocycles. The molecule has 0 aromatic heterocycles. The minimum atomic E-state index is 0. The minimum absolute atomic E-state index is 0. The number of halogens is 2. The molecule has 8 heavy (non-hydrogen) atoms. The molecule has 0 aliphatic rings. The molecule has 3 heteroatoms. The summed E-state index contributed by atoms with van der Waals surface area (Å²) in [5, 5.41) is 0.491. The van der Waals surface area contributed by atoms with Crippen LogP contribution in [-0.2, 0) is 4.79 Å². The van der Waals surface area contributed by atoms with Crippen molar-refractivity contribution in [3.63, 3.8) is 0 Å². The highest BCUT2D eigenvalue weighted by Crippen LogP contribution is 1.95. The molecule has 0 amide bonds. The van der Waals surface area contributed by atoms with Gasteiger partial charge in [0.25, 0.3) is 0 Å². The van der Waals surface area contributed by atoms with Crippen LogP contribution in [0.5, 0.6) is 0 Å². The van der Waals surface area contributed by atoms with Crippen molar-refractivity contribution in [1.29, 1.82) is 0 Å². The van der Waals surface area contributed by atoms with E-state index in [1.165, 1.54) is 0 Å². The van der Waals surface area contributed by atoms with Crippen LogP contribution >= 0.6 is 32.9 Å². The Hall–Kier alpha value is 0.630. The summed E-state index contributed by atoms with van der Waals surface area (Å²) in [6.45, 7) is 3.78. The van der Waals surface area contributed by atoms with Gasteiger partial charge in [-0.1, -0.05) is 29.8 Å². The maximum absolute atomic E-state index is 10.5. The summed E-state index contributed by atoms with van der Waals surface area (Å²) in [6, 6.07) is 0. The lowest BCUT2D eigenvalue weighted by Gasteiger charge is -1.95. The SMILES string of the molecule is Br.CC(C)C(=O)CBr. The standard InChI is InChI=1S/C5H9BrO.BrH/c1-4(2)5(7)3-6;/h4H,3H2,1-2H3;1H. The average molecular weight is 246 g/mol. The van der Waals surface area contributed by atoms with Gasteiger partial charge in [0.2, 0.25) is 0 Å². The highest BCUT2D eigenvalue weighted by atomic mass is 79.9. The van der Waals surface area contributed by atoms with Crippen molar-refractivity contribution in [1.82, 2.24) is 0 Å². The Morgan fingerprint density at radius 2 is 2.00 bits per heavy atom. The minimum Gasteiger partial charge on any atom is -0.298 e. The summed E-state index contributed by atoms with van der Waals surface area (Å²) in [5.41, 5.74) is 0. The summed E-state index contributed by atoms with van der Waals surface area (Å²) in [5.74, 6) is 0.444. The number of rotatable bonds is 2. The van der Waals surface area contributed by atoms with Crippen molar-refractivity contribution in [2.24, 2.45) is 5.92 Å². The normalized spacial score (nSPS) is 8.50. The van der Waals surface area contributed by atoms with Gasteiger partial charge in [0.15, 0.2) is 0 Å². The van der Waals surface area contributed by atoms with Crippen LogP contribution in [0.2, 0.25) is 0 Å². The number of carbonyl (C=O) groups excluding carboxylic acids is 1. The topological polar surface area (TPSA) is 17.1 Å². The zero-order valence-electron chi connectivity index (χ0n) is 4.98. The monoisotopic (exact) mass is 244 g/mol. The smallest absolute Gasteiger partial charge is 0.145 e. The van der Waals surface area contributed by atoms with Gasteiger partial charge in [0.1, 0.15) is 5.78 Å². The molecule has 0 saturated carbocycles. The van der Waals surface area contributed by atoms with Crippen LogP contribution in [0.4, 0.5) is 0 Å². The molecular formula is C5H10Br2O. The largest absolute Gasteiger partial charge is 0.298 e. The van der Waals surface area contributed by atoms with E-state index in [-0.39, 0.29) is 28.7 Å². The highest BCUT2D eigenvalue weighted by molar-refractivity contribution is 9.09. The third-order valence-electron chi connectivity index (χ3n) is 0.776. The maximum Gasteiger partial charge on any atom is 0.145 e. The van der Waals surface area contributed by atoms with Crippen molar-refractivity contribution >= 4 is 38.7 Å². The van der Waals surface area contributed by atoms with Gasteiger partial charge < -0.3 is 0 Å². The third kappa shape index (κ3) is 4.78. The molecule has 0 aromatic carbocycles. The Labute approximate surface area is 68.7 Å². The fraction of sp³-hybridized carbons (Fsp3) is 0.800. The Morgan fingerprint density at radius 3 is 2.00 bits per heavy atom. The molecule has 0 aromatic rings. The van der Waals surface area contributed by atoms with E-state index in [0.29, 0.717) is 5.33 Å². The number of carbonyl (C=O) groups is 1. The number of Topliss-reactive ketones (excluding diaryl/α,β-unsaturated/α-hetero) is 1. The molecular weight excluding hydrogens is 236 g/mol. The van der Waals surface area contributed by atoms with Crippen molar-refractivity contribution in [2.45, 2.75) is 13.8 Å². The molecule has 0 aliphatic heterocycles. The first kappa shape index (κ1) is 11.4. The zero-order valence-corrected chi connectivity index (χ0v) is 8.28. The van der Waals surface area contributed by atoms with Gasteiger partial charge in [-0.05, 0) is 0 Å². The average Bonchev–Trinajstić information content (AvgIpc) is 1.65. The molecule has 0 N–H and O–H groups in total. The summed E-state index contributed by atoms with van der Waals surface area (Å²) >= 11 is 3.07. The first-order valence-corrected chi connectivity index (χ1v) is 3.39. The molecule has 0 saturated heterocycles. The van der Waals surface area contributed by atoms with Crippen LogP contribution in [-0.4, -0.2) is 11.1 Å². The number of alkyl halides is 1. The van der Waals surface area contributed by atoms with Crippen molar-refractivity contribution in [3.05, 3.63) is 0 Å². The molecule has 0 rings (SSSR count). The van der Waals surface area contributed by atoms with Crippen molar-refractivity contribution < 1.29 is 4.79 Å². The van der Waals surface area contributed by atoms with Gasteiger partial charge in [0.05, 0.1) is 5.33 Å². The molecule has 50 valence electrons. The second-order valence-electron chi connectivity index (χ2n) is 1.75. The predicted octanol–water partition coefficient (Wildman–Crippen LogP) is 2.18. The Bertz CT molecular complexity index is 70.8. The summed E-state index contributed by atoms with van der Waals surface area (Å²) in [7, 11) is 0. The molecule has 0 aliphatic carbocycles. The van der Waals surface area contributed by atoms with E-state index in [9.17, 15) is 4.79 Å². The van der Waals surface area contributed by atoms with Gasteiger partial charge in [-0.25, -0.2) is 0 Å². The predicted molar refractivity (Wildman–Crippen MR) is 44.0 cm³/mol. The number of hydrogen-bond donors (Lipinski definition) is 0. The molecule has 0 atom stereocenters. The highest BCUT2D eigenvalue weighted by Gasteiger charge is 2.01. The third-order valence-corrected chi connectivity index (χ3v) is 1.33. The van der Waals surface area contributed by atoms with Crippen LogP contribution in [0.1, 0.15) is 13.8 Å². The van der Waals surface area contributed by atoms with Crippen molar-refractivity contribution in [3.8, 4) is 0 Å². The van der Waals surface area contributed by atoms with Gasteiger partial charge in [-0.2, -0.15) is 0 Å². The Kier molecular flexibility index (Phi) is 8.23. The summed E-state index contributed by atoms with van der Waals surface area (Å²) in [6.07, 6.45) is 0. The van der Waals surface area contributed by atoms with Crippen LogP contribution in [0.15, 0.2) is 0 Å².